The fraction of sp³-hybridized carbons (Fsp3) is 0.722. The van der Waals surface area contributed by atoms with Crippen LogP contribution in [-0.4, -0.2) is 10.4 Å². The zero-order valence-electron chi connectivity index (χ0n) is 13.3. The molecule has 0 bridgehead atoms. The molecular formula is C18H27NO. The SMILES string of the molecule is Cc1cc2c(n1C1CCCCC1C)CC(C)(C)CC2=O. The smallest absolute Gasteiger partial charge is 0.165 e. The van der Waals surface area contributed by atoms with Crippen LogP contribution in [0.1, 0.15) is 80.7 Å². The van der Waals surface area contributed by atoms with E-state index in [-0.39, 0.29) is 5.41 Å². The molecule has 2 aliphatic carbocycles. The second kappa shape index (κ2) is 4.75. The van der Waals surface area contributed by atoms with Crippen LogP contribution in [0, 0.1) is 18.3 Å². The minimum absolute atomic E-state index is 0.116. The van der Waals surface area contributed by atoms with Gasteiger partial charge in [0.25, 0.3) is 0 Å². The van der Waals surface area contributed by atoms with Crippen molar-refractivity contribution in [3.05, 3.63) is 23.0 Å². The number of aryl methyl sites for hydroxylation is 1. The summed E-state index contributed by atoms with van der Waals surface area (Å²) in [5.41, 5.74) is 3.74. The topological polar surface area (TPSA) is 22.0 Å². The molecule has 1 heterocycles. The van der Waals surface area contributed by atoms with Gasteiger partial charge in [0.15, 0.2) is 5.78 Å². The molecule has 3 rings (SSSR count). The second-order valence-corrected chi connectivity index (χ2v) is 7.79. The third kappa shape index (κ3) is 2.23. The monoisotopic (exact) mass is 273 g/mol. The Morgan fingerprint density at radius 3 is 2.60 bits per heavy atom. The number of carbonyl (C=O) groups excluding carboxylic acids is 1. The molecule has 1 aromatic rings. The van der Waals surface area contributed by atoms with Crippen molar-refractivity contribution >= 4 is 5.78 Å². The van der Waals surface area contributed by atoms with E-state index < -0.39 is 0 Å². The molecule has 0 aromatic carbocycles. The molecule has 1 saturated carbocycles. The number of hydrogen-bond acceptors (Lipinski definition) is 1. The summed E-state index contributed by atoms with van der Waals surface area (Å²) in [5, 5.41) is 0. The van der Waals surface area contributed by atoms with Crippen LogP contribution in [0.4, 0.5) is 0 Å². The predicted molar refractivity (Wildman–Crippen MR) is 82.3 cm³/mol. The summed E-state index contributed by atoms with van der Waals surface area (Å²) in [6.07, 6.45) is 7.05. The van der Waals surface area contributed by atoms with Crippen LogP contribution < -0.4 is 0 Å². The summed E-state index contributed by atoms with van der Waals surface area (Å²) in [4.78, 5) is 12.4. The van der Waals surface area contributed by atoms with Gasteiger partial charge in [-0.25, -0.2) is 0 Å². The van der Waals surface area contributed by atoms with E-state index in [0.717, 1.165) is 17.9 Å². The van der Waals surface area contributed by atoms with E-state index in [0.29, 0.717) is 18.2 Å². The maximum Gasteiger partial charge on any atom is 0.165 e. The first-order valence-electron chi connectivity index (χ1n) is 8.13. The molecule has 110 valence electrons. The number of aromatic nitrogens is 1. The lowest BCUT2D eigenvalue weighted by atomic mass is 9.76. The minimum atomic E-state index is 0.116. The van der Waals surface area contributed by atoms with E-state index in [1.54, 1.807) is 0 Å². The molecule has 20 heavy (non-hydrogen) atoms. The van der Waals surface area contributed by atoms with Gasteiger partial charge < -0.3 is 4.57 Å². The van der Waals surface area contributed by atoms with Gasteiger partial charge in [0, 0.05) is 29.4 Å². The lowest BCUT2D eigenvalue weighted by Crippen LogP contribution is -2.31. The quantitative estimate of drug-likeness (QED) is 0.726. The Kier molecular flexibility index (Phi) is 3.30. The molecular weight excluding hydrogens is 246 g/mol. The van der Waals surface area contributed by atoms with E-state index in [1.165, 1.54) is 37.1 Å². The number of carbonyl (C=O) groups is 1. The highest BCUT2D eigenvalue weighted by molar-refractivity contribution is 5.99. The lowest BCUT2D eigenvalue weighted by molar-refractivity contribution is 0.0907. The van der Waals surface area contributed by atoms with Gasteiger partial charge >= 0.3 is 0 Å². The molecule has 0 N–H and O–H groups in total. The first-order valence-corrected chi connectivity index (χ1v) is 8.13. The number of ketones is 1. The van der Waals surface area contributed by atoms with Crippen LogP contribution in [0.3, 0.4) is 0 Å². The Hall–Kier alpha value is -1.05. The first-order chi connectivity index (χ1) is 9.39. The number of hydrogen-bond donors (Lipinski definition) is 0. The van der Waals surface area contributed by atoms with Crippen LogP contribution in [-0.2, 0) is 6.42 Å². The Morgan fingerprint density at radius 2 is 1.90 bits per heavy atom. The second-order valence-electron chi connectivity index (χ2n) is 7.79. The average molecular weight is 273 g/mol. The molecule has 0 aliphatic heterocycles. The van der Waals surface area contributed by atoms with Crippen molar-refractivity contribution in [3.8, 4) is 0 Å². The van der Waals surface area contributed by atoms with Crippen molar-refractivity contribution in [2.45, 2.75) is 72.3 Å². The van der Waals surface area contributed by atoms with Crippen molar-refractivity contribution in [3.63, 3.8) is 0 Å². The third-order valence-corrected chi connectivity index (χ3v) is 5.32. The van der Waals surface area contributed by atoms with Gasteiger partial charge in [-0.15, -0.1) is 0 Å². The Labute approximate surface area is 122 Å². The van der Waals surface area contributed by atoms with E-state index >= 15 is 0 Å². The van der Waals surface area contributed by atoms with Crippen molar-refractivity contribution in [2.75, 3.05) is 0 Å². The fourth-order valence-electron chi connectivity index (χ4n) is 4.31. The van der Waals surface area contributed by atoms with Gasteiger partial charge in [-0.05, 0) is 43.6 Å². The number of rotatable bonds is 1. The van der Waals surface area contributed by atoms with Gasteiger partial charge in [-0.1, -0.05) is 33.6 Å². The molecule has 2 nitrogen and oxygen atoms in total. The molecule has 0 spiro atoms. The summed E-state index contributed by atoms with van der Waals surface area (Å²) in [6.45, 7) is 9.01. The normalized spacial score (nSPS) is 29.3. The van der Waals surface area contributed by atoms with E-state index in [9.17, 15) is 4.79 Å². The maximum atomic E-state index is 12.4. The van der Waals surface area contributed by atoms with Crippen LogP contribution in [0.2, 0.25) is 0 Å². The van der Waals surface area contributed by atoms with Gasteiger partial charge in [0.1, 0.15) is 0 Å². The lowest BCUT2D eigenvalue weighted by Gasteiger charge is -2.36. The molecule has 1 aromatic heterocycles. The van der Waals surface area contributed by atoms with Crippen LogP contribution in [0.15, 0.2) is 6.07 Å². The van der Waals surface area contributed by atoms with Crippen LogP contribution in [0.25, 0.3) is 0 Å². The Morgan fingerprint density at radius 1 is 1.20 bits per heavy atom. The Balaban J connectivity index is 2.06. The zero-order chi connectivity index (χ0) is 14.5. The number of Topliss-reactive ketones (excluding diaryl/α,β-unsaturated/α-hetero) is 1. The molecule has 0 radical (unpaired) electrons. The largest absolute Gasteiger partial charge is 0.345 e. The average Bonchev–Trinajstić information content (AvgIpc) is 2.66. The standard InChI is InChI=1S/C18H27NO/c1-12-7-5-6-8-15(12)19-13(2)9-14-16(19)10-18(3,4)11-17(14)20/h9,12,15H,5-8,10-11H2,1-4H3. The highest BCUT2D eigenvalue weighted by Gasteiger charge is 2.36. The fourth-order valence-corrected chi connectivity index (χ4v) is 4.31. The third-order valence-electron chi connectivity index (χ3n) is 5.32. The number of nitrogens with zero attached hydrogens (tertiary/aromatic N) is 1. The Bertz CT molecular complexity index is 538. The van der Waals surface area contributed by atoms with Crippen molar-refractivity contribution in [1.82, 2.24) is 4.57 Å². The minimum Gasteiger partial charge on any atom is -0.345 e. The van der Waals surface area contributed by atoms with Crippen molar-refractivity contribution in [1.29, 1.82) is 0 Å². The summed E-state index contributed by atoms with van der Waals surface area (Å²) in [7, 11) is 0. The maximum absolute atomic E-state index is 12.4. The molecule has 2 unspecified atom stereocenters. The predicted octanol–water partition coefficient (Wildman–Crippen LogP) is 4.70. The van der Waals surface area contributed by atoms with E-state index in [2.05, 4.69) is 38.3 Å². The van der Waals surface area contributed by atoms with Gasteiger partial charge in [-0.3, -0.25) is 4.79 Å². The van der Waals surface area contributed by atoms with Crippen molar-refractivity contribution in [2.24, 2.45) is 11.3 Å². The van der Waals surface area contributed by atoms with E-state index in [4.69, 9.17) is 0 Å². The summed E-state index contributed by atoms with van der Waals surface area (Å²) < 4.78 is 2.53. The molecule has 2 heteroatoms. The highest BCUT2D eigenvalue weighted by atomic mass is 16.1. The van der Waals surface area contributed by atoms with Crippen LogP contribution >= 0.6 is 0 Å². The van der Waals surface area contributed by atoms with Gasteiger partial charge in [-0.2, -0.15) is 0 Å². The van der Waals surface area contributed by atoms with Crippen LogP contribution in [0.5, 0.6) is 0 Å². The molecule has 1 fully saturated rings. The zero-order valence-corrected chi connectivity index (χ0v) is 13.3. The molecule has 2 atom stereocenters. The first kappa shape index (κ1) is 13.9. The molecule has 0 saturated heterocycles. The van der Waals surface area contributed by atoms with Gasteiger partial charge in [0.2, 0.25) is 0 Å². The van der Waals surface area contributed by atoms with Gasteiger partial charge in [0.05, 0.1) is 0 Å². The molecule has 2 aliphatic rings. The molecule has 0 amide bonds. The van der Waals surface area contributed by atoms with E-state index in [1.807, 2.05) is 0 Å². The summed E-state index contributed by atoms with van der Waals surface area (Å²) in [6, 6.07) is 2.75. The highest BCUT2D eigenvalue weighted by Crippen LogP contribution is 2.41. The summed E-state index contributed by atoms with van der Waals surface area (Å²) in [5.74, 6) is 1.08. The van der Waals surface area contributed by atoms with Crippen molar-refractivity contribution < 1.29 is 4.79 Å². The summed E-state index contributed by atoms with van der Waals surface area (Å²) >= 11 is 0. The number of fused-ring (bicyclic) bond motifs is 1.